The van der Waals surface area contributed by atoms with Crippen LogP contribution in [0.4, 0.5) is 0 Å². The maximum absolute atomic E-state index is 12.6. The summed E-state index contributed by atoms with van der Waals surface area (Å²) in [6.45, 7) is 3.91. The van der Waals surface area contributed by atoms with Gasteiger partial charge in [0.25, 0.3) is 0 Å². The molecule has 0 saturated heterocycles. The Kier molecular flexibility index (Phi) is 3.65. The van der Waals surface area contributed by atoms with Crippen LogP contribution in [0.1, 0.15) is 16.7 Å². The third-order valence-corrected chi connectivity index (χ3v) is 4.50. The summed E-state index contributed by atoms with van der Waals surface area (Å²) in [6, 6.07) is 12.9. The van der Waals surface area contributed by atoms with E-state index in [1.807, 2.05) is 38.1 Å². The number of benzene rings is 2. The van der Waals surface area contributed by atoms with Gasteiger partial charge in [-0.05, 0) is 31.5 Å². The summed E-state index contributed by atoms with van der Waals surface area (Å²) < 4.78 is 11.5. The molecule has 130 valence electrons. The molecule has 1 N–H and O–H groups in total. The van der Waals surface area contributed by atoms with E-state index in [4.69, 9.17) is 8.83 Å². The third kappa shape index (κ3) is 2.49. The van der Waals surface area contributed by atoms with Crippen molar-refractivity contribution in [3.05, 3.63) is 69.6 Å². The first-order valence-corrected chi connectivity index (χ1v) is 8.22. The molecule has 2 aromatic carbocycles. The van der Waals surface area contributed by atoms with Gasteiger partial charge >= 0.3 is 11.6 Å². The Morgan fingerprint density at radius 2 is 1.85 bits per heavy atom. The zero-order valence-corrected chi connectivity index (χ0v) is 14.3. The maximum Gasteiger partial charge on any atom is 0.347 e. The minimum absolute atomic E-state index is 0.195. The van der Waals surface area contributed by atoms with Gasteiger partial charge in [-0.2, -0.15) is 0 Å². The fourth-order valence-corrected chi connectivity index (χ4v) is 3.37. The SMILES string of the molecule is Cc1ccc(-c2oc3c(c2CC(=O)O)c(=O)oc2ccccc23)c(C)c1. The zero-order chi connectivity index (χ0) is 18.4. The smallest absolute Gasteiger partial charge is 0.347 e. The second-order valence-electron chi connectivity index (χ2n) is 6.39. The predicted molar refractivity (Wildman–Crippen MR) is 98.5 cm³/mol. The van der Waals surface area contributed by atoms with Gasteiger partial charge in [0.1, 0.15) is 16.7 Å². The summed E-state index contributed by atoms with van der Waals surface area (Å²) in [6.07, 6.45) is -0.321. The number of hydrogen-bond donors (Lipinski definition) is 1. The second kappa shape index (κ2) is 5.88. The van der Waals surface area contributed by atoms with Crippen LogP contribution in [0.5, 0.6) is 0 Å². The molecule has 26 heavy (non-hydrogen) atoms. The van der Waals surface area contributed by atoms with Gasteiger partial charge in [-0.15, -0.1) is 0 Å². The standard InChI is InChI=1S/C21H16O5/c1-11-7-8-13(12(2)9-11)19-15(10-17(22)23)18-20(26-19)14-5-3-4-6-16(14)25-21(18)24/h3-9H,10H2,1-2H3,(H,22,23). The van der Waals surface area contributed by atoms with Crippen molar-refractivity contribution in [2.75, 3.05) is 0 Å². The molecule has 0 radical (unpaired) electrons. The van der Waals surface area contributed by atoms with Crippen molar-refractivity contribution in [3.8, 4) is 11.3 Å². The Morgan fingerprint density at radius 3 is 2.58 bits per heavy atom. The van der Waals surface area contributed by atoms with Crippen molar-refractivity contribution >= 4 is 27.9 Å². The van der Waals surface area contributed by atoms with Crippen LogP contribution in [0, 0.1) is 13.8 Å². The van der Waals surface area contributed by atoms with Gasteiger partial charge in [0.05, 0.1) is 11.8 Å². The van der Waals surface area contributed by atoms with Crippen LogP contribution >= 0.6 is 0 Å². The van der Waals surface area contributed by atoms with Gasteiger partial charge in [0.2, 0.25) is 0 Å². The largest absolute Gasteiger partial charge is 0.481 e. The predicted octanol–water partition coefficient (Wildman–Crippen LogP) is 4.45. The molecule has 4 rings (SSSR count). The van der Waals surface area contributed by atoms with Gasteiger partial charge in [0, 0.05) is 11.1 Å². The molecule has 0 atom stereocenters. The summed E-state index contributed by atoms with van der Waals surface area (Å²) in [7, 11) is 0. The van der Waals surface area contributed by atoms with E-state index in [9.17, 15) is 14.7 Å². The third-order valence-electron chi connectivity index (χ3n) is 4.50. The summed E-state index contributed by atoms with van der Waals surface area (Å²) >= 11 is 0. The molecule has 0 fully saturated rings. The molecule has 2 aromatic heterocycles. The fraction of sp³-hybridized carbons (Fsp3) is 0.143. The van der Waals surface area contributed by atoms with Crippen molar-refractivity contribution < 1.29 is 18.7 Å². The maximum atomic E-state index is 12.6. The molecule has 0 amide bonds. The number of furan rings is 1. The minimum atomic E-state index is -1.04. The molecule has 0 bridgehead atoms. The molecule has 5 heteroatoms. The van der Waals surface area contributed by atoms with E-state index in [1.165, 1.54) is 0 Å². The van der Waals surface area contributed by atoms with E-state index in [-0.39, 0.29) is 11.8 Å². The highest BCUT2D eigenvalue weighted by Crippen LogP contribution is 2.37. The lowest BCUT2D eigenvalue weighted by Gasteiger charge is -2.06. The molecule has 0 aliphatic heterocycles. The molecule has 0 saturated carbocycles. The summed E-state index contributed by atoms with van der Waals surface area (Å²) in [5, 5.41) is 10.2. The number of carboxylic acids is 1. The van der Waals surface area contributed by atoms with E-state index >= 15 is 0 Å². The van der Waals surface area contributed by atoms with E-state index < -0.39 is 11.6 Å². The number of fused-ring (bicyclic) bond motifs is 3. The molecular formula is C21H16O5. The van der Waals surface area contributed by atoms with Crippen LogP contribution in [0.15, 0.2) is 56.1 Å². The molecule has 4 aromatic rings. The minimum Gasteiger partial charge on any atom is -0.481 e. The Bertz CT molecular complexity index is 1230. The Hall–Kier alpha value is -3.34. The number of carboxylic acid groups (broad SMARTS) is 1. The van der Waals surface area contributed by atoms with Crippen molar-refractivity contribution in [2.24, 2.45) is 0 Å². The van der Waals surface area contributed by atoms with Gasteiger partial charge in [-0.1, -0.05) is 35.9 Å². The number of para-hydroxylation sites is 1. The lowest BCUT2D eigenvalue weighted by Crippen LogP contribution is -2.06. The van der Waals surface area contributed by atoms with Gasteiger partial charge in [0.15, 0.2) is 5.58 Å². The van der Waals surface area contributed by atoms with Crippen LogP contribution in [0.25, 0.3) is 33.3 Å². The first kappa shape index (κ1) is 16.1. The molecule has 5 nitrogen and oxygen atoms in total. The summed E-state index contributed by atoms with van der Waals surface area (Å²) in [5.74, 6) is -0.630. The fourth-order valence-electron chi connectivity index (χ4n) is 3.37. The lowest BCUT2D eigenvalue weighted by molar-refractivity contribution is -0.136. The highest BCUT2D eigenvalue weighted by Gasteiger charge is 2.24. The molecular weight excluding hydrogens is 332 g/mol. The van der Waals surface area contributed by atoms with Crippen LogP contribution in [0.2, 0.25) is 0 Å². The van der Waals surface area contributed by atoms with Crippen molar-refractivity contribution in [1.29, 1.82) is 0 Å². The average Bonchev–Trinajstić information content (AvgIpc) is 2.94. The first-order valence-electron chi connectivity index (χ1n) is 8.22. The van der Waals surface area contributed by atoms with Gasteiger partial charge < -0.3 is 13.9 Å². The van der Waals surface area contributed by atoms with E-state index in [1.54, 1.807) is 18.2 Å². The monoisotopic (exact) mass is 348 g/mol. The zero-order valence-electron chi connectivity index (χ0n) is 14.3. The Labute approximate surface area is 148 Å². The van der Waals surface area contributed by atoms with Crippen LogP contribution in [0.3, 0.4) is 0 Å². The second-order valence-corrected chi connectivity index (χ2v) is 6.39. The lowest BCUT2D eigenvalue weighted by atomic mass is 9.98. The number of aryl methyl sites for hydroxylation is 2. The average molecular weight is 348 g/mol. The highest BCUT2D eigenvalue weighted by molar-refractivity contribution is 6.05. The summed E-state index contributed by atoms with van der Waals surface area (Å²) in [5.41, 5.74) is 3.34. The first-order chi connectivity index (χ1) is 12.5. The number of hydrogen-bond acceptors (Lipinski definition) is 4. The topological polar surface area (TPSA) is 80.6 Å². The molecule has 0 spiro atoms. The quantitative estimate of drug-likeness (QED) is 0.553. The molecule has 0 aliphatic rings. The highest BCUT2D eigenvalue weighted by atomic mass is 16.4. The number of aliphatic carboxylic acids is 1. The Balaban J connectivity index is 2.15. The van der Waals surface area contributed by atoms with Gasteiger partial charge in [-0.25, -0.2) is 4.79 Å². The van der Waals surface area contributed by atoms with E-state index in [2.05, 4.69) is 0 Å². The van der Waals surface area contributed by atoms with E-state index in [0.717, 1.165) is 16.7 Å². The summed E-state index contributed by atoms with van der Waals surface area (Å²) in [4.78, 5) is 24.0. The van der Waals surface area contributed by atoms with Crippen LogP contribution in [-0.4, -0.2) is 11.1 Å². The van der Waals surface area contributed by atoms with Gasteiger partial charge in [-0.3, -0.25) is 4.79 Å². The van der Waals surface area contributed by atoms with Crippen LogP contribution < -0.4 is 5.63 Å². The van der Waals surface area contributed by atoms with E-state index in [0.29, 0.717) is 27.9 Å². The molecule has 2 heterocycles. The van der Waals surface area contributed by atoms with Crippen molar-refractivity contribution in [1.82, 2.24) is 0 Å². The van der Waals surface area contributed by atoms with Crippen molar-refractivity contribution in [2.45, 2.75) is 20.3 Å². The Morgan fingerprint density at radius 1 is 1.08 bits per heavy atom. The number of rotatable bonds is 3. The van der Waals surface area contributed by atoms with Crippen LogP contribution in [-0.2, 0) is 11.2 Å². The normalized spacial score (nSPS) is 11.3. The molecule has 0 aliphatic carbocycles. The molecule has 0 unspecified atom stereocenters. The van der Waals surface area contributed by atoms with Crippen molar-refractivity contribution in [3.63, 3.8) is 0 Å². The number of carbonyl (C=O) groups is 1.